The Morgan fingerprint density at radius 2 is 1.91 bits per heavy atom. The van der Waals surface area contributed by atoms with Gasteiger partial charge in [-0.3, -0.25) is 4.79 Å². The molecule has 2 heterocycles. The van der Waals surface area contributed by atoms with Gasteiger partial charge in [-0.25, -0.2) is 9.48 Å². The minimum Gasteiger partial charge on any atom is -0.496 e. The van der Waals surface area contributed by atoms with Gasteiger partial charge in [0.1, 0.15) is 11.8 Å². The molecule has 1 atom stereocenters. The fraction of sp³-hybridized carbons (Fsp3) is 0.250. The van der Waals surface area contributed by atoms with E-state index in [-0.39, 0.29) is 18.1 Å². The first-order chi connectivity index (χ1) is 16.8. The Morgan fingerprint density at radius 1 is 1.17 bits per heavy atom. The van der Waals surface area contributed by atoms with E-state index < -0.39 is 12.0 Å². The van der Waals surface area contributed by atoms with E-state index in [1.807, 2.05) is 30.3 Å². The highest BCUT2D eigenvalue weighted by molar-refractivity contribution is 9.10. The number of ether oxygens (including phenoxy) is 2. The Hall–Kier alpha value is -2.63. The third kappa shape index (κ3) is 5.46. The summed E-state index contributed by atoms with van der Waals surface area (Å²) in [6.07, 6.45) is 0. The van der Waals surface area contributed by atoms with Gasteiger partial charge in [0, 0.05) is 15.7 Å². The molecule has 1 aromatic heterocycles. The monoisotopic (exact) mass is 620 g/mol. The average molecular weight is 622 g/mol. The van der Waals surface area contributed by atoms with Crippen LogP contribution >= 0.6 is 43.6 Å². The van der Waals surface area contributed by atoms with Crippen molar-refractivity contribution >= 4 is 61.3 Å². The molecule has 0 bridgehead atoms. The normalized spacial score (nSPS) is 14.8. The van der Waals surface area contributed by atoms with E-state index in [1.54, 1.807) is 37.8 Å². The second-order valence-corrected chi connectivity index (χ2v) is 10.3. The van der Waals surface area contributed by atoms with E-state index in [9.17, 15) is 9.59 Å². The van der Waals surface area contributed by atoms with Crippen LogP contribution in [0.4, 0.5) is 5.95 Å². The lowest BCUT2D eigenvalue weighted by Crippen LogP contribution is -2.29. The number of anilines is 1. The van der Waals surface area contributed by atoms with E-state index in [0.717, 1.165) is 14.5 Å². The number of thioether (sulfide) groups is 1. The number of Topliss-reactive ketones (excluding diaryl/α,β-unsaturated/α-hetero) is 1. The number of nitrogens with one attached hydrogen (secondary N) is 1. The molecule has 0 saturated carbocycles. The Morgan fingerprint density at radius 3 is 2.57 bits per heavy atom. The second-order valence-electron chi connectivity index (χ2n) is 7.56. The molecule has 1 aliphatic heterocycles. The van der Waals surface area contributed by atoms with Crippen LogP contribution in [0.25, 0.3) is 0 Å². The summed E-state index contributed by atoms with van der Waals surface area (Å²) in [6, 6.07) is 12.2. The summed E-state index contributed by atoms with van der Waals surface area (Å²) in [4.78, 5) is 30.1. The maximum Gasteiger partial charge on any atom is 0.338 e. The number of halogens is 2. The van der Waals surface area contributed by atoms with E-state index in [2.05, 4.69) is 47.3 Å². The number of esters is 1. The number of aromatic nitrogens is 3. The van der Waals surface area contributed by atoms with Gasteiger partial charge in [0.25, 0.3) is 0 Å². The molecule has 0 saturated heterocycles. The number of ketones is 1. The second kappa shape index (κ2) is 11.0. The first-order valence-electron chi connectivity index (χ1n) is 10.7. The smallest absolute Gasteiger partial charge is 0.338 e. The van der Waals surface area contributed by atoms with Crippen LogP contribution in [0.3, 0.4) is 0 Å². The van der Waals surface area contributed by atoms with Gasteiger partial charge in [-0.2, -0.15) is 4.98 Å². The number of fused-ring (bicyclic) bond motifs is 1. The lowest BCUT2D eigenvalue weighted by Gasteiger charge is -2.28. The van der Waals surface area contributed by atoms with Gasteiger partial charge in [0.05, 0.1) is 29.5 Å². The Balaban J connectivity index is 1.66. The maximum absolute atomic E-state index is 12.9. The van der Waals surface area contributed by atoms with Crippen LogP contribution in [0.1, 0.15) is 35.8 Å². The van der Waals surface area contributed by atoms with Crippen LogP contribution in [0.5, 0.6) is 5.75 Å². The van der Waals surface area contributed by atoms with Gasteiger partial charge in [0.15, 0.2) is 5.78 Å². The van der Waals surface area contributed by atoms with Crippen molar-refractivity contribution in [1.82, 2.24) is 14.8 Å². The molecule has 11 heteroatoms. The molecule has 2 aromatic carbocycles. The molecule has 0 unspecified atom stereocenters. The Bertz CT molecular complexity index is 1310. The number of hydrogen-bond donors (Lipinski definition) is 1. The fourth-order valence-electron chi connectivity index (χ4n) is 3.68. The predicted molar refractivity (Wildman–Crippen MR) is 141 cm³/mol. The molecule has 0 amide bonds. The van der Waals surface area contributed by atoms with Crippen molar-refractivity contribution in [3.05, 3.63) is 73.8 Å². The van der Waals surface area contributed by atoms with Crippen molar-refractivity contribution < 1.29 is 19.1 Å². The zero-order valence-electron chi connectivity index (χ0n) is 19.2. The number of hydrogen-bond acceptors (Lipinski definition) is 8. The summed E-state index contributed by atoms with van der Waals surface area (Å²) in [7, 11) is 1.59. The van der Waals surface area contributed by atoms with Crippen LogP contribution in [0.15, 0.2) is 67.8 Å². The zero-order valence-corrected chi connectivity index (χ0v) is 23.2. The van der Waals surface area contributed by atoms with Gasteiger partial charge in [-0.1, -0.05) is 45.9 Å². The first kappa shape index (κ1) is 25.5. The highest BCUT2D eigenvalue weighted by Crippen LogP contribution is 2.39. The predicted octanol–water partition coefficient (Wildman–Crippen LogP) is 5.64. The van der Waals surface area contributed by atoms with Crippen molar-refractivity contribution in [3.8, 4) is 5.75 Å². The average Bonchev–Trinajstić information content (AvgIpc) is 3.24. The van der Waals surface area contributed by atoms with Crippen molar-refractivity contribution in [1.29, 1.82) is 0 Å². The van der Waals surface area contributed by atoms with Crippen molar-refractivity contribution in [2.45, 2.75) is 25.0 Å². The van der Waals surface area contributed by atoms with Crippen molar-refractivity contribution in [2.24, 2.45) is 0 Å². The van der Waals surface area contributed by atoms with Gasteiger partial charge < -0.3 is 14.8 Å². The van der Waals surface area contributed by atoms with Crippen molar-refractivity contribution in [3.63, 3.8) is 0 Å². The Kier molecular flexibility index (Phi) is 7.98. The van der Waals surface area contributed by atoms with Crippen LogP contribution in [0, 0.1) is 0 Å². The Labute approximate surface area is 223 Å². The summed E-state index contributed by atoms with van der Waals surface area (Å²) in [5.74, 6) is 0.866. The summed E-state index contributed by atoms with van der Waals surface area (Å²) in [5, 5.41) is 8.23. The molecule has 182 valence electrons. The quantitative estimate of drug-likeness (QED) is 0.196. The number of nitrogens with zero attached hydrogens (tertiary/aromatic N) is 3. The lowest BCUT2D eigenvalue weighted by atomic mass is 9.96. The standard InChI is InChI=1S/C24H22Br2N4O4S/c1-4-34-22(32)20-13(2)27-23-28-24(35-12-18(31)14-5-8-16(25)9-6-14)29-30(23)21(20)15-7-10-19(33-3)17(26)11-15/h5-11,21H,4,12H2,1-3H3,(H,27,28,29)/t21-/m1/s1. The van der Waals surface area contributed by atoms with Crippen molar-refractivity contribution in [2.75, 3.05) is 24.8 Å². The third-order valence-corrected chi connectivity index (χ3v) is 7.30. The van der Waals surface area contributed by atoms with Gasteiger partial charge >= 0.3 is 5.97 Å². The van der Waals surface area contributed by atoms with Gasteiger partial charge in [-0.05, 0) is 59.6 Å². The van der Waals surface area contributed by atoms with E-state index >= 15 is 0 Å². The highest BCUT2D eigenvalue weighted by atomic mass is 79.9. The number of rotatable bonds is 8. The molecule has 0 spiro atoms. The number of carbonyl (C=O) groups excluding carboxylic acids is 2. The van der Waals surface area contributed by atoms with E-state index in [4.69, 9.17) is 9.47 Å². The molecular formula is C24H22Br2N4O4S. The summed E-state index contributed by atoms with van der Waals surface area (Å²) in [5.41, 5.74) is 2.48. The van der Waals surface area contributed by atoms with E-state index in [0.29, 0.717) is 33.7 Å². The molecule has 8 nitrogen and oxygen atoms in total. The number of methoxy groups -OCH3 is 1. The third-order valence-electron chi connectivity index (χ3n) is 5.32. The molecular weight excluding hydrogens is 600 g/mol. The SMILES string of the molecule is CCOC(=O)C1=C(C)Nc2nc(SCC(=O)c3ccc(Br)cc3)nn2[C@@H]1c1ccc(OC)c(Br)c1. The lowest BCUT2D eigenvalue weighted by molar-refractivity contribution is -0.139. The van der Waals surface area contributed by atoms with Gasteiger partial charge in [-0.15, -0.1) is 5.10 Å². The molecule has 0 aliphatic carbocycles. The molecule has 0 fully saturated rings. The zero-order chi connectivity index (χ0) is 25.1. The molecule has 35 heavy (non-hydrogen) atoms. The first-order valence-corrected chi connectivity index (χ1v) is 13.3. The largest absolute Gasteiger partial charge is 0.496 e. The minimum absolute atomic E-state index is 0.0274. The van der Waals surface area contributed by atoms with Crippen LogP contribution < -0.4 is 10.1 Å². The molecule has 1 aliphatic rings. The molecule has 1 N–H and O–H groups in total. The van der Waals surface area contributed by atoms with E-state index in [1.165, 1.54) is 11.8 Å². The van der Waals surface area contributed by atoms with Gasteiger partial charge in [0.2, 0.25) is 11.1 Å². The number of carbonyl (C=O) groups is 2. The topological polar surface area (TPSA) is 95.3 Å². The summed E-state index contributed by atoms with van der Waals surface area (Å²) in [6.45, 7) is 3.82. The molecule has 0 radical (unpaired) electrons. The molecule has 4 rings (SSSR count). The molecule has 3 aromatic rings. The number of allylic oxidation sites excluding steroid dienone is 1. The van der Waals surface area contributed by atoms with Crippen LogP contribution in [0.2, 0.25) is 0 Å². The summed E-state index contributed by atoms with van der Waals surface area (Å²) < 4.78 is 14.0. The highest BCUT2D eigenvalue weighted by Gasteiger charge is 2.35. The minimum atomic E-state index is -0.573. The fourth-order valence-corrected chi connectivity index (χ4v) is 5.22. The maximum atomic E-state index is 12.9. The van der Waals surface area contributed by atoms with Crippen LogP contribution in [-0.4, -0.2) is 46.0 Å². The van der Waals surface area contributed by atoms with Crippen LogP contribution in [-0.2, 0) is 9.53 Å². The summed E-state index contributed by atoms with van der Waals surface area (Å²) >= 11 is 8.14. The number of benzene rings is 2.